The number of aromatic nitrogens is 1. The van der Waals surface area contributed by atoms with E-state index in [2.05, 4.69) is 28.4 Å². The molecule has 1 N–H and O–H groups in total. The number of anilines is 2. The Kier molecular flexibility index (Phi) is 2.79. The van der Waals surface area contributed by atoms with Crippen LogP contribution in [0, 0.1) is 0 Å². The number of rotatable bonds is 2. The smallest absolute Gasteiger partial charge is 0.0727 e. The maximum atomic E-state index is 4.87. The molecule has 1 aromatic heterocycles. The third kappa shape index (κ3) is 1.76. The minimum Gasteiger partial charge on any atom is -0.387 e. The lowest BCUT2D eigenvalue weighted by Crippen LogP contribution is -2.17. The molecule has 1 aromatic carbocycles. The molecule has 1 aliphatic carbocycles. The summed E-state index contributed by atoms with van der Waals surface area (Å²) in [4.78, 5) is 7.37. The molecule has 3 nitrogen and oxygen atoms in total. The fourth-order valence-electron chi connectivity index (χ4n) is 3.71. The van der Waals surface area contributed by atoms with E-state index in [-0.39, 0.29) is 0 Å². The zero-order valence-electron chi connectivity index (χ0n) is 12.1. The second-order valence-electron chi connectivity index (χ2n) is 5.91. The molecule has 3 heteroatoms. The van der Waals surface area contributed by atoms with Gasteiger partial charge in [0.1, 0.15) is 0 Å². The Balaban J connectivity index is 1.90. The highest BCUT2D eigenvalue weighted by Crippen LogP contribution is 2.36. The highest BCUT2D eigenvalue weighted by molar-refractivity contribution is 5.95. The zero-order valence-corrected chi connectivity index (χ0v) is 12.1. The summed E-state index contributed by atoms with van der Waals surface area (Å²) in [5.74, 6) is 0. The average Bonchev–Trinajstić information content (AvgIpc) is 3.15. The van der Waals surface area contributed by atoms with Crippen LogP contribution in [-0.4, -0.2) is 25.1 Å². The fraction of sp³-hybridized carbons (Fsp3) is 0.471. The summed E-state index contributed by atoms with van der Waals surface area (Å²) >= 11 is 0. The first kappa shape index (κ1) is 12.0. The van der Waals surface area contributed by atoms with Crippen LogP contribution in [-0.2, 0) is 12.8 Å². The van der Waals surface area contributed by atoms with Crippen molar-refractivity contribution in [2.45, 2.75) is 32.1 Å². The molecule has 4 rings (SSSR count). The summed E-state index contributed by atoms with van der Waals surface area (Å²) in [6, 6.07) is 6.77. The van der Waals surface area contributed by atoms with Gasteiger partial charge in [-0.05, 0) is 55.9 Å². The van der Waals surface area contributed by atoms with E-state index in [1.165, 1.54) is 66.8 Å². The molecular weight excluding hydrogens is 246 g/mol. The van der Waals surface area contributed by atoms with Crippen molar-refractivity contribution in [3.8, 4) is 0 Å². The van der Waals surface area contributed by atoms with Crippen LogP contribution in [0.15, 0.2) is 18.2 Å². The molecule has 0 spiro atoms. The molecule has 0 bridgehead atoms. The van der Waals surface area contributed by atoms with E-state index < -0.39 is 0 Å². The lowest BCUT2D eigenvalue weighted by atomic mass is 10.1. The van der Waals surface area contributed by atoms with Crippen LogP contribution in [0.1, 0.15) is 30.5 Å². The highest BCUT2D eigenvalue weighted by Gasteiger charge is 2.20. The Morgan fingerprint density at radius 1 is 1.10 bits per heavy atom. The SMILES string of the molecule is CNc1c2c(nc3ccc(N4CCCC4)cc13)CCC2. The van der Waals surface area contributed by atoms with Gasteiger partial charge in [-0.15, -0.1) is 0 Å². The molecule has 0 atom stereocenters. The zero-order chi connectivity index (χ0) is 13.5. The number of hydrogen-bond acceptors (Lipinski definition) is 3. The Morgan fingerprint density at radius 2 is 1.95 bits per heavy atom. The largest absolute Gasteiger partial charge is 0.387 e. The van der Waals surface area contributed by atoms with Gasteiger partial charge in [0, 0.05) is 42.6 Å². The number of benzene rings is 1. The molecule has 0 amide bonds. The maximum absolute atomic E-state index is 4.87. The first-order valence-corrected chi connectivity index (χ1v) is 7.75. The number of nitrogens with zero attached hydrogens (tertiary/aromatic N) is 2. The summed E-state index contributed by atoms with van der Waals surface area (Å²) < 4.78 is 0. The van der Waals surface area contributed by atoms with Gasteiger partial charge < -0.3 is 10.2 Å². The molecule has 2 aromatic rings. The van der Waals surface area contributed by atoms with Gasteiger partial charge in [0.25, 0.3) is 0 Å². The van der Waals surface area contributed by atoms with Gasteiger partial charge in [-0.2, -0.15) is 0 Å². The van der Waals surface area contributed by atoms with Gasteiger partial charge in [-0.3, -0.25) is 4.98 Å². The monoisotopic (exact) mass is 267 g/mol. The Morgan fingerprint density at radius 3 is 2.75 bits per heavy atom. The average molecular weight is 267 g/mol. The summed E-state index contributed by atoms with van der Waals surface area (Å²) in [5, 5.41) is 4.72. The van der Waals surface area contributed by atoms with Gasteiger partial charge in [-0.1, -0.05) is 0 Å². The van der Waals surface area contributed by atoms with Gasteiger partial charge >= 0.3 is 0 Å². The lowest BCUT2D eigenvalue weighted by Gasteiger charge is -2.19. The third-order valence-corrected chi connectivity index (χ3v) is 4.72. The van der Waals surface area contributed by atoms with E-state index in [1.807, 2.05) is 7.05 Å². The summed E-state index contributed by atoms with van der Waals surface area (Å²) in [5.41, 5.74) is 6.54. The predicted octanol–water partition coefficient (Wildman–Crippen LogP) is 3.37. The predicted molar refractivity (Wildman–Crippen MR) is 84.8 cm³/mol. The second kappa shape index (κ2) is 4.65. The van der Waals surface area contributed by atoms with Crippen LogP contribution in [0.3, 0.4) is 0 Å². The first-order valence-electron chi connectivity index (χ1n) is 7.75. The van der Waals surface area contributed by atoms with Gasteiger partial charge in [-0.25, -0.2) is 0 Å². The van der Waals surface area contributed by atoms with Gasteiger partial charge in [0.2, 0.25) is 0 Å². The highest BCUT2D eigenvalue weighted by atomic mass is 15.1. The van der Waals surface area contributed by atoms with Crippen molar-refractivity contribution in [2.75, 3.05) is 30.4 Å². The fourth-order valence-corrected chi connectivity index (χ4v) is 3.71. The van der Waals surface area contributed by atoms with Crippen molar-refractivity contribution in [3.63, 3.8) is 0 Å². The van der Waals surface area contributed by atoms with E-state index in [1.54, 1.807) is 0 Å². The van der Waals surface area contributed by atoms with Crippen LogP contribution >= 0.6 is 0 Å². The Labute approximate surface area is 120 Å². The lowest BCUT2D eigenvalue weighted by molar-refractivity contribution is 0.901. The van der Waals surface area contributed by atoms with Crippen molar-refractivity contribution in [1.29, 1.82) is 0 Å². The molecule has 2 aliphatic rings. The van der Waals surface area contributed by atoms with Gasteiger partial charge in [0.05, 0.1) is 5.52 Å². The molecule has 1 fully saturated rings. The minimum atomic E-state index is 1.13. The number of pyridine rings is 1. The van der Waals surface area contributed by atoms with E-state index >= 15 is 0 Å². The Bertz CT molecular complexity index is 657. The molecule has 104 valence electrons. The van der Waals surface area contributed by atoms with Gasteiger partial charge in [0.15, 0.2) is 0 Å². The second-order valence-corrected chi connectivity index (χ2v) is 5.91. The van der Waals surface area contributed by atoms with E-state index in [9.17, 15) is 0 Å². The maximum Gasteiger partial charge on any atom is 0.0727 e. The van der Waals surface area contributed by atoms with Crippen molar-refractivity contribution in [2.24, 2.45) is 0 Å². The van der Waals surface area contributed by atoms with E-state index in [0.717, 1.165) is 11.9 Å². The third-order valence-electron chi connectivity index (χ3n) is 4.72. The van der Waals surface area contributed by atoms with Crippen LogP contribution in [0.4, 0.5) is 11.4 Å². The molecular formula is C17H21N3. The number of aryl methyl sites for hydroxylation is 1. The first-order chi connectivity index (χ1) is 9.86. The van der Waals surface area contributed by atoms with Crippen molar-refractivity contribution >= 4 is 22.3 Å². The molecule has 1 saturated heterocycles. The van der Waals surface area contributed by atoms with Crippen LogP contribution in [0.2, 0.25) is 0 Å². The van der Waals surface area contributed by atoms with Crippen molar-refractivity contribution in [1.82, 2.24) is 4.98 Å². The van der Waals surface area contributed by atoms with E-state index in [0.29, 0.717) is 0 Å². The minimum absolute atomic E-state index is 1.13. The van der Waals surface area contributed by atoms with Crippen LogP contribution in [0.25, 0.3) is 10.9 Å². The summed E-state index contributed by atoms with van der Waals surface area (Å²) in [6.45, 7) is 2.39. The Hall–Kier alpha value is -1.77. The van der Waals surface area contributed by atoms with Crippen LogP contribution < -0.4 is 10.2 Å². The number of nitrogens with one attached hydrogen (secondary N) is 1. The molecule has 2 heterocycles. The summed E-state index contributed by atoms with van der Waals surface area (Å²) in [6.07, 6.45) is 6.18. The molecule has 0 unspecified atom stereocenters. The number of hydrogen-bond donors (Lipinski definition) is 1. The molecule has 1 aliphatic heterocycles. The van der Waals surface area contributed by atoms with Crippen molar-refractivity contribution in [3.05, 3.63) is 29.5 Å². The van der Waals surface area contributed by atoms with Crippen LogP contribution in [0.5, 0.6) is 0 Å². The number of fused-ring (bicyclic) bond motifs is 2. The molecule has 0 saturated carbocycles. The normalized spacial score (nSPS) is 17.8. The van der Waals surface area contributed by atoms with Crippen molar-refractivity contribution < 1.29 is 0 Å². The standard InChI is InChI=1S/C17H21N3/c1-18-17-13-5-4-6-15(13)19-16-8-7-12(11-14(16)17)20-9-2-3-10-20/h7-8,11H,2-6,9-10H2,1H3,(H,18,19). The van der Waals surface area contributed by atoms with E-state index in [4.69, 9.17) is 4.98 Å². The quantitative estimate of drug-likeness (QED) is 0.904. The molecule has 20 heavy (non-hydrogen) atoms. The topological polar surface area (TPSA) is 28.2 Å². The summed E-state index contributed by atoms with van der Waals surface area (Å²) in [7, 11) is 2.04. The molecule has 0 radical (unpaired) electrons.